The number of carbonyl (C=O) groups is 3. The number of benzene rings is 1. The predicted octanol–water partition coefficient (Wildman–Crippen LogP) is 1.68. The summed E-state index contributed by atoms with van der Waals surface area (Å²) in [7, 11) is -3.28. The van der Waals surface area contributed by atoms with Crippen molar-refractivity contribution < 1.29 is 27.2 Å². The zero-order valence-corrected chi connectivity index (χ0v) is 15.6. The molecule has 1 N–H and O–H groups in total. The Morgan fingerprint density at radius 1 is 1.30 bits per heavy atom. The molecule has 0 saturated carbocycles. The minimum Gasteiger partial charge on any atom is -0.349 e. The molecular formula is C17H15FN2O5S2. The van der Waals surface area contributed by atoms with E-state index in [-0.39, 0.29) is 23.6 Å². The lowest BCUT2D eigenvalue weighted by molar-refractivity contribution is -0.124. The number of hydrogen-bond acceptors (Lipinski definition) is 6. The molecule has 142 valence electrons. The Kier molecular flexibility index (Phi) is 5.47. The van der Waals surface area contributed by atoms with E-state index in [9.17, 15) is 27.2 Å². The summed E-state index contributed by atoms with van der Waals surface area (Å²) in [5, 5.41) is 3.09. The average molecular weight is 410 g/mol. The summed E-state index contributed by atoms with van der Waals surface area (Å²) >= 11 is 0.748. The SMILES string of the molecule is O=C(CCN1C(=O)S/C(=C\c2ccc(F)cc2)C1=O)N[C@@H]1C=CS(=O)(=O)C1. The van der Waals surface area contributed by atoms with E-state index in [1.165, 1.54) is 36.4 Å². The molecule has 7 nitrogen and oxygen atoms in total. The fourth-order valence-corrected chi connectivity index (χ4v) is 4.66. The van der Waals surface area contributed by atoms with Gasteiger partial charge in [-0.1, -0.05) is 12.1 Å². The Labute approximate surface area is 159 Å². The van der Waals surface area contributed by atoms with Gasteiger partial charge in [0.05, 0.1) is 16.7 Å². The summed E-state index contributed by atoms with van der Waals surface area (Å²) in [6.07, 6.45) is 2.74. The molecule has 10 heteroatoms. The van der Waals surface area contributed by atoms with Crippen molar-refractivity contribution in [1.29, 1.82) is 0 Å². The van der Waals surface area contributed by atoms with Crippen LogP contribution in [-0.2, 0) is 19.4 Å². The van der Waals surface area contributed by atoms with E-state index in [1.807, 2.05) is 0 Å². The molecule has 1 fully saturated rings. The number of imide groups is 1. The minimum absolute atomic E-state index is 0.111. The molecule has 0 bridgehead atoms. The topological polar surface area (TPSA) is 101 Å². The number of amides is 3. The summed E-state index contributed by atoms with van der Waals surface area (Å²) in [5.41, 5.74) is 0.578. The number of nitrogens with one attached hydrogen (secondary N) is 1. The summed E-state index contributed by atoms with van der Waals surface area (Å²) < 4.78 is 35.6. The largest absolute Gasteiger partial charge is 0.349 e. The molecule has 1 aromatic carbocycles. The van der Waals surface area contributed by atoms with E-state index < -0.39 is 38.7 Å². The van der Waals surface area contributed by atoms with Gasteiger partial charge in [-0.25, -0.2) is 12.8 Å². The van der Waals surface area contributed by atoms with E-state index in [2.05, 4.69) is 5.32 Å². The van der Waals surface area contributed by atoms with Gasteiger partial charge in [0.1, 0.15) is 5.82 Å². The first-order valence-electron chi connectivity index (χ1n) is 7.95. The summed E-state index contributed by atoms with van der Waals surface area (Å²) in [4.78, 5) is 37.5. The number of sulfone groups is 1. The van der Waals surface area contributed by atoms with Gasteiger partial charge >= 0.3 is 0 Å². The van der Waals surface area contributed by atoms with Crippen LogP contribution in [0.5, 0.6) is 0 Å². The van der Waals surface area contributed by atoms with Crippen LogP contribution in [0.1, 0.15) is 12.0 Å². The van der Waals surface area contributed by atoms with Crippen molar-refractivity contribution in [1.82, 2.24) is 10.2 Å². The van der Waals surface area contributed by atoms with Crippen molar-refractivity contribution in [2.45, 2.75) is 12.5 Å². The van der Waals surface area contributed by atoms with Gasteiger partial charge < -0.3 is 5.32 Å². The van der Waals surface area contributed by atoms with Crippen molar-refractivity contribution >= 4 is 44.7 Å². The van der Waals surface area contributed by atoms with Crippen LogP contribution in [0.4, 0.5) is 9.18 Å². The zero-order chi connectivity index (χ0) is 19.6. The van der Waals surface area contributed by atoms with Crippen molar-refractivity contribution in [3.05, 3.63) is 52.0 Å². The van der Waals surface area contributed by atoms with Gasteiger partial charge in [0.15, 0.2) is 9.84 Å². The Bertz CT molecular complexity index is 954. The van der Waals surface area contributed by atoms with Gasteiger partial charge in [0.25, 0.3) is 11.1 Å². The van der Waals surface area contributed by atoms with E-state index in [0.717, 1.165) is 22.1 Å². The number of carbonyl (C=O) groups excluding carboxylic acids is 3. The molecule has 0 unspecified atom stereocenters. The number of hydrogen-bond donors (Lipinski definition) is 1. The maximum atomic E-state index is 12.9. The van der Waals surface area contributed by atoms with Crippen LogP contribution in [0, 0.1) is 5.82 Å². The van der Waals surface area contributed by atoms with Crippen molar-refractivity contribution in [2.75, 3.05) is 12.3 Å². The zero-order valence-electron chi connectivity index (χ0n) is 13.9. The fraction of sp³-hybridized carbons (Fsp3) is 0.235. The molecule has 2 heterocycles. The number of nitrogens with zero attached hydrogens (tertiary/aromatic N) is 1. The number of halogens is 1. The molecule has 1 saturated heterocycles. The molecule has 0 radical (unpaired) electrons. The van der Waals surface area contributed by atoms with E-state index in [1.54, 1.807) is 0 Å². The first kappa shape index (κ1) is 19.3. The van der Waals surface area contributed by atoms with Gasteiger partial charge in [0.2, 0.25) is 5.91 Å². The number of thioether (sulfide) groups is 1. The lowest BCUT2D eigenvalue weighted by Crippen LogP contribution is -2.38. The molecule has 0 aliphatic carbocycles. The highest BCUT2D eigenvalue weighted by atomic mass is 32.2. The van der Waals surface area contributed by atoms with E-state index >= 15 is 0 Å². The Hall–Kier alpha value is -2.46. The molecule has 27 heavy (non-hydrogen) atoms. The maximum absolute atomic E-state index is 12.9. The van der Waals surface area contributed by atoms with Crippen LogP contribution in [0.3, 0.4) is 0 Å². The van der Waals surface area contributed by atoms with Crippen LogP contribution >= 0.6 is 11.8 Å². The number of rotatable bonds is 5. The molecule has 2 aliphatic rings. The van der Waals surface area contributed by atoms with Gasteiger partial charge in [-0.3, -0.25) is 19.3 Å². The van der Waals surface area contributed by atoms with Crippen LogP contribution in [0.25, 0.3) is 6.08 Å². The van der Waals surface area contributed by atoms with Crippen LogP contribution < -0.4 is 5.32 Å². The fourth-order valence-electron chi connectivity index (χ4n) is 2.56. The highest BCUT2D eigenvalue weighted by Gasteiger charge is 2.35. The van der Waals surface area contributed by atoms with Gasteiger partial charge in [-0.15, -0.1) is 0 Å². The standard InChI is InChI=1S/C17H15FN2O5S2/c18-12-3-1-11(2-4-12)9-14-16(22)20(17(23)26-14)7-5-15(21)19-13-6-8-27(24,25)10-13/h1-4,6,8-9,13H,5,7,10H2,(H,19,21)/b14-9-/t13-/m1/s1. The van der Waals surface area contributed by atoms with Crippen LogP contribution in [0.2, 0.25) is 0 Å². The lowest BCUT2D eigenvalue weighted by atomic mass is 10.2. The minimum atomic E-state index is -3.28. The highest BCUT2D eigenvalue weighted by Crippen LogP contribution is 2.32. The quantitative estimate of drug-likeness (QED) is 0.742. The average Bonchev–Trinajstić information content (AvgIpc) is 3.07. The Morgan fingerprint density at radius 3 is 2.63 bits per heavy atom. The summed E-state index contributed by atoms with van der Waals surface area (Å²) in [6.45, 7) is -0.111. The molecule has 1 atom stereocenters. The highest BCUT2D eigenvalue weighted by molar-refractivity contribution is 8.18. The third-order valence-electron chi connectivity index (χ3n) is 3.88. The second-order valence-electron chi connectivity index (χ2n) is 5.97. The molecule has 3 amide bonds. The van der Waals surface area contributed by atoms with Crippen LogP contribution in [0.15, 0.2) is 40.7 Å². The third-order valence-corrected chi connectivity index (χ3v) is 6.18. The van der Waals surface area contributed by atoms with Crippen molar-refractivity contribution in [3.63, 3.8) is 0 Å². The normalized spacial score (nSPS) is 22.6. The molecular weight excluding hydrogens is 395 g/mol. The second kappa shape index (κ2) is 7.65. The first-order chi connectivity index (χ1) is 12.7. The lowest BCUT2D eigenvalue weighted by Gasteiger charge is -2.14. The van der Waals surface area contributed by atoms with Crippen molar-refractivity contribution in [3.8, 4) is 0 Å². The molecule has 2 aliphatic heterocycles. The van der Waals surface area contributed by atoms with E-state index in [4.69, 9.17) is 0 Å². The molecule has 3 rings (SSSR count). The molecule has 0 spiro atoms. The van der Waals surface area contributed by atoms with Crippen LogP contribution in [-0.4, -0.2) is 48.7 Å². The van der Waals surface area contributed by atoms with Gasteiger partial charge in [0, 0.05) is 18.4 Å². The summed E-state index contributed by atoms with van der Waals surface area (Å²) in [5.74, 6) is -1.58. The van der Waals surface area contributed by atoms with Crippen molar-refractivity contribution in [2.24, 2.45) is 0 Å². The Morgan fingerprint density at radius 2 is 2.00 bits per heavy atom. The van der Waals surface area contributed by atoms with Gasteiger partial charge in [-0.2, -0.15) is 0 Å². The second-order valence-corrected chi connectivity index (χ2v) is 8.89. The predicted molar refractivity (Wildman–Crippen MR) is 98.6 cm³/mol. The smallest absolute Gasteiger partial charge is 0.293 e. The van der Waals surface area contributed by atoms with E-state index in [0.29, 0.717) is 5.56 Å². The molecule has 1 aromatic rings. The van der Waals surface area contributed by atoms with Gasteiger partial charge in [-0.05, 0) is 41.6 Å². The Balaban J connectivity index is 1.57. The third kappa shape index (κ3) is 4.83. The monoisotopic (exact) mass is 410 g/mol. The molecule has 0 aromatic heterocycles. The maximum Gasteiger partial charge on any atom is 0.293 e. The first-order valence-corrected chi connectivity index (χ1v) is 10.5. The summed E-state index contributed by atoms with van der Waals surface area (Å²) in [6, 6.07) is 4.87.